The first-order valence-electron chi connectivity index (χ1n) is 10.8. The molecule has 1 saturated carbocycles. The van der Waals surface area contributed by atoms with Crippen molar-refractivity contribution in [1.82, 2.24) is 19.4 Å². The van der Waals surface area contributed by atoms with Crippen LogP contribution < -0.4 is 11.2 Å². The number of aromatic amines is 1. The Morgan fingerprint density at radius 1 is 1.12 bits per heavy atom. The number of nitrogens with one attached hydrogen (secondary N) is 1. The molecule has 1 N–H and O–H groups in total. The van der Waals surface area contributed by atoms with Gasteiger partial charge in [-0.1, -0.05) is 30.3 Å². The zero-order valence-electron chi connectivity index (χ0n) is 18.5. The molecular weight excluding hydrogens is 489 g/mol. The maximum atomic E-state index is 12.0. The third-order valence-electron chi connectivity index (χ3n) is 5.89. The van der Waals surface area contributed by atoms with Crippen LogP contribution in [0.25, 0.3) is 10.6 Å². The highest BCUT2D eigenvalue weighted by Crippen LogP contribution is 2.44. The number of hydrogen-bond acceptors (Lipinski definition) is 5. The first-order chi connectivity index (χ1) is 15.7. The Kier molecular flexibility index (Phi) is 8.38. The fourth-order valence-corrected chi connectivity index (χ4v) is 4.88. The van der Waals surface area contributed by atoms with E-state index in [4.69, 9.17) is 0 Å². The van der Waals surface area contributed by atoms with Gasteiger partial charge in [-0.3, -0.25) is 14.3 Å². The van der Waals surface area contributed by atoms with Crippen LogP contribution in [0.3, 0.4) is 0 Å². The molecule has 1 aliphatic heterocycles. The summed E-state index contributed by atoms with van der Waals surface area (Å²) >= 11 is 1.43. The van der Waals surface area contributed by atoms with E-state index in [1.165, 1.54) is 43.0 Å². The van der Waals surface area contributed by atoms with E-state index < -0.39 is 11.7 Å². The van der Waals surface area contributed by atoms with Gasteiger partial charge in [-0.05, 0) is 38.1 Å². The molecule has 5 rings (SSSR count). The zero-order valence-corrected chi connectivity index (χ0v) is 20.2. The fourth-order valence-electron chi connectivity index (χ4n) is 4.08. The predicted octanol–water partition coefficient (Wildman–Crippen LogP) is 4.44. The highest BCUT2D eigenvalue weighted by molar-refractivity contribution is 7.13. The number of alkyl halides is 3. The molecule has 0 radical (unpaired) electrons. The van der Waals surface area contributed by atoms with Gasteiger partial charge in [-0.2, -0.15) is 13.2 Å². The second-order valence-electron chi connectivity index (χ2n) is 8.52. The molecule has 0 spiro atoms. The van der Waals surface area contributed by atoms with Crippen LogP contribution in [0.15, 0.2) is 51.5 Å². The molecule has 1 aromatic carbocycles. The summed E-state index contributed by atoms with van der Waals surface area (Å²) in [7, 11) is 0. The minimum atomic E-state index is -4.21. The normalized spacial score (nSPS) is 19.1. The average molecular weight is 515 g/mol. The van der Waals surface area contributed by atoms with Gasteiger partial charge in [0.2, 0.25) is 0 Å². The monoisotopic (exact) mass is 514 g/mol. The minimum Gasteiger partial charge on any atom is -0.303 e. The van der Waals surface area contributed by atoms with E-state index in [1.54, 1.807) is 16.8 Å². The molecule has 2 aromatic heterocycles. The number of aromatic nitrogens is 3. The number of fused-ring (bicyclic) bond motifs is 1. The summed E-state index contributed by atoms with van der Waals surface area (Å²) in [6, 6.07) is 6.36. The second kappa shape index (κ2) is 10.9. The average Bonchev–Trinajstić information content (AvgIpc) is 3.15. The van der Waals surface area contributed by atoms with Crippen molar-refractivity contribution in [2.45, 2.75) is 32.5 Å². The Labute approximate surface area is 204 Å². The lowest BCUT2D eigenvalue weighted by molar-refractivity contribution is -0.137. The van der Waals surface area contributed by atoms with Crippen molar-refractivity contribution in [3.05, 3.63) is 74.0 Å². The number of piperidine rings is 1. The standard InChI is InChI=1S/C16H20N4O2S.C7H5F3.ClH/c1-10-9-23-15(17-10)13-8-20(16(22)18-14(13)21)4-2-3-19-6-11-5-12(11)7-19;8-7(9,10)6-4-2-1-3-5-6;/h8-9,11-12H,2-7H2,1H3,(H,18,21,22);1-5H;1H. The molecule has 11 heteroatoms. The van der Waals surface area contributed by atoms with Gasteiger partial charge in [-0.25, -0.2) is 9.78 Å². The molecule has 1 saturated heterocycles. The van der Waals surface area contributed by atoms with Crippen LogP contribution in [0.5, 0.6) is 0 Å². The van der Waals surface area contributed by atoms with E-state index in [1.807, 2.05) is 12.3 Å². The highest BCUT2D eigenvalue weighted by Gasteiger charge is 2.44. The van der Waals surface area contributed by atoms with Gasteiger partial charge < -0.3 is 4.90 Å². The van der Waals surface area contributed by atoms with Crippen molar-refractivity contribution < 1.29 is 13.2 Å². The van der Waals surface area contributed by atoms with Gasteiger partial charge in [-0.15, -0.1) is 23.7 Å². The van der Waals surface area contributed by atoms with Crippen LogP contribution >= 0.6 is 23.7 Å². The molecular formula is C23H26ClF3N4O2S. The van der Waals surface area contributed by atoms with Crippen LogP contribution in [0.4, 0.5) is 13.2 Å². The van der Waals surface area contributed by atoms with Gasteiger partial charge in [0.15, 0.2) is 0 Å². The van der Waals surface area contributed by atoms with Gasteiger partial charge >= 0.3 is 11.9 Å². The minimum absolute atomic E-state index is 0. The zero-order chi connectivity index (χ0) is 23.6. The molecule has 2 atom stereocenters. The second-order valence-corrected chi connectivity index (χ2v) is 9.38. The first kappa shape index (κ1) is 26.2. The highest BCUT2D eigenvalue weighted by atomic mass is 35.5. The third kappa shape index (κ3) is 6.58. The Hall–Kier alpha value is -2.43. The lowest BCUT2D eigenvalue weighted by Gasteiger charge is -2.17. The predicted molar refractivity (Wildman–Crippen MR) is 129 cm³/mol. The van der Waals surface area contributed by atoms with Gasteiger partial charge in [0.1, 0.15) is 5.01 Å². The maximum Gasteiger partial charge on any atom is 0.416 e. The Morgan fingerprint density at radius 2 is 1.79 bits per heavy atom. The molecule has 2 fully saturated rings. The van der Waals surface area contributed by atoms with Crippen molar-refractivity contribution in [1.29, 1.82) is 0 Å². The van der Waals surface area contributed by atoms with E-state index in [2.05, 4.69) is 14.9 Å². The molecule has 0 bridgehead atoms. The summed E-state index contributed by atoms with van der Waals surface area (Å²) in [6.45, 7) is 5.97. The number of rotatable bonds is 5. The number of halogens is 4. The van der Waals surface area contributed by atoms with Crippen molar-refractivity contribution in [2.24, 2.45) is 11.8 Å². The number of thiazole rings is 1. The smallest absolute Gasteiger partial charge is 0.303 e. The topological polar surface area (TPSA) is 71.0 Å². The largest absolute Gasteiger partial charge is 0.416 e. The SMILES string of the molecule is Cc1csc(-c2cn(CCCN3CC4CC4C3)c(=O)[nH]c2=O)n1.Cl.FC(F)(F)c1ccccc1. The molecule has 184 valence electrons. The van der Waals surface area contributed by atoms with E-state index >= 15 is 0 Å². The quantitative estimate of drug-likeness (QED) is 0.546. The van der Waals surface area contributed by atoms with Crippen molar-refractivity contribution in [3.8, 4) is 10.6 Å². The summed E-state index contributed by atoms with van der Waals surface area (Å²) in [5.41, 5.74) is 0.0615. The molecule has 1 aliphatic carbocycles. The van der Waals surface area contributed by atoms with Gasteiger partial charge in [0.05, 0.1) is 11.1 Å². The lowest BCUT2D eigenvalue weighted by atomic mass is 10.2. The van der Waals surface area contributed by atoms with Crippen molar-refractivity contribution in [3.63, 3.8) is 0 Å². The number of H-pyrrole nitrogens is 1. The third-order valence-corrected chi connectivity index (χ3v) is 6.88. The van der Waals surface area contributed by atoms with E-state index in [9.17, 15) is 22.8 Å². The van der Waals surface area contributed by atoms with E-state index in [0.717, 1.165) is 42.6 Å². The van der Waals surface area contributed by atoms with Crippen molar-refractivity contribution in [2.75, 3.05) is 19.6 Å². The molecule has 3 aromatic rings. The Morgan fingerprint density at radius 3 is 2.35 bits per heavy atom. The van der Waals surface area contributed by atoms with Crippen molar-refractivity contribution >= 4 is 23.7 Å². The first-order valence-corrected chi connectivity index (χ1v) is 11.7. The molecule has 6 nitrogen and oxygen atoms in total. The van der Waals surface area contributed by atoms with Crippen LogP contribution in [-0.4, -0.2) is 39.1 Å². The van der Waals surface area contributed by atoms with E-state index in [-0.39, 0.29) is 23.7 Å². The fraction of sp³-hybridized carbons (Fsp3) is 0.435. The number of likely N-dealkylation sites (tertiary alicyclic amines) is 1. The number of aryl methyl sites for hydroxylation is 2. The van der Waals surface area contributed by atoms with Crippen LogP contribution in [0.1, 0.15) is 24.1 Å². The van der Waals surface area contributed by atoms with Gasteiger partial charge in [0.25, 0.3) is 5.56 Å². The number of hydrogen-bond donors (Lipinski definition) is 1. The van der Waals surface area contributed by atoms with Crippen LogP contribution in [-0.2, 0) is 12.7 Å². The molecule has 34 heavy (non-hydrogen) atoms. The Bertz CT molecular complexity index is 1200. The van der Waals surface area contributed by atoms with Crippen LogP contribution in [0, 0.1) is 18.8 Å². The summed E-state index contributed by atoms with van der Waals surface area (Å²) in [4.78, 5) is 33.3. The maximum absolute atomic E-state index is 12.0. The molecule has 3 heterocycles. The lowest BCUT2D eigenvalue weighted by Crippen LogP contribution is -2.32. The number of nitrogens with zero attached hydrogens (tertiary/aromatic N) is 3. The van der Waals surface area contributed by atoms with Gasteiger partial charge in [0, 0.05) is 36.9 Å². The summed E-state index contributed by atoms with van der Waals surface area (Å²) in [5, 5.41) is 2.57. The summed E-state index contributed by atoms with van der Waals surface area (Å²) in [6.07, 6.45) is -0.226. The molecule has 0 amide bonds. The summed E-state index contributed by atoms with van der Waals surface area (Å²) in [5.74, 6) is 1.87. The number of benzene rings is 1. The molecule has 2 unspecified atom stereocenters. The Balaban J connectivity index is 0.000000250. The molecule has 2 aliphatic rings. The van der Waals surface area contributed by atoms with E-state index in [0.29, 0.717) is 17.1 Å². The van der Waals surface area contributed by atoms with Crippen LogP contribution in [0.2, 0.25) is 0 Å². The summed E-state index contributed by atoms with van der Waals surface area (Å²) < 4.78 is 37.0.